The molecular formula is C13H23NO2. The topological polar surface area (TPSA) is 29.5 Å². The molecule has 3 heteroatoms. The molecule has 16 heavy (non-hydrogen) atoms. The number of hydrogen-bond donors (Lipinski definition) is 0. The van der Waals surface area contributed by atoms with Crippen molar-refractivity contribution in [1.82, 2.24) is 4.90 Å². The van der Waals surface area contributed by atoms with Crippen LogP contribution in [0, 0.1) is 11.8 Å². The van der Waals surface area contributed by atoms with E-state index in [0.717, 1.165) is 25.3 Å². The third kappa shape index (κ3) is 2.97. The summed E-state index contributed by atoms with van der Waals surface area (Å²) in [7, 11) is 1.50. The smallest absolute Gasteiger partial charge is 0.309 e. The van der Waals surface area contributed by atoms with E-state index >= 15 is 0 Å². The van der Waals surface area contributed by atoms with Gasteiger partial charge in [0.05, 0.1) is 13.0 Å². The van der Waals surface area contributed by atoms with Crippen molar-refractivity contribution in [2.24, 2.45) is 11.8 Å². The number of ether oxygens (including phenoxy) is 1. The lowest BCUT2D eigenvalue weighted by molar-refractivity contribution is -0.147. The molecule has 1 aliphatic heterocycles. The standard InChI is InChI=1S/C13H23NO2/c1-16-13(15)12-7-4-8-14(10-12)9-11-5-2-3-6-11/h11-12H,2-10H2,1H3. The first-order valence-corrected chi connectivity index (χ1v) is 6.60. The molecule has 1 aliphatic carbocycles. The average Bonchev–Trinajstić information content (AvgIpc) is 2.81. The molecule has 0 amide bonds. The van der Waals surface area contributed by atoms with Crippen molar-refractivity contribution in [1.29, 1.82) is 0 Å². The van der Waals surface area contributed by atoms with Crippen molar-refractivity contribution in [3.8, 4) is 0 Å². The summed E-state index contributed by atoms with van der Waals surface area (Å²) in [6.45, 7) is 3.29. The summed E-state index contributed by atoms with van der Waals surface area (Å²) in [5, 5.41) is 0. The van der Waals surface area contributed by atoms with E-state index in [1.54, 1.807) is 0 Å². The van der Waals surface area contributed by atoms with Crippen LogP contribution in [-0.2, 0) is 9.53 Å². The van der Waals surface area contributed by atoms with E-state index in [1.165, 1.54) is 45.9 Å². The van der Waals surface area contributed by atoms with Crippen LogP contribution in [0.3, 0.4) is 0 Å². The van der Waals surface area contributed by atoms with Gasteiger partial charge in [0.15, 0.2) is 0 Å². The fraction of sp³-hybridized carbons (Fsp3) is 0.923. The summed E-state index contributed by atoms with van der Waals surface area (Å²) in [5.41, 5.74) is 0. The molecule has 92 valence electrons. The first-order chi connectivity index (χ1) is 7.79. The molecule has 0 spiro atoms. The van der Waals surface area contributed by atoms with Crippen LogP contribution in [0.5, 0.6) is 0 Å². The Morgan fingerprint density at radius 2 is 2.00 bits per heavy atom. The minimum Gasteiger partial charge on any atom is -0.469 e. The molecule has 3 nitrogen and oxygen atoms in total. The number of rotatable bonds is 3. The van der Waals surface area contributed by atoms with Gasteiger partial charge in [0, 0.05) is 13.1 Å². The largest absolute Gasteiger partial charge is 0.469 e. The summed E-state index contributed by atoms with van der Waals surface area (Å²) < 4.78 is 4.84. The highest BCUT2D eigenvalue weighted by atomic mass is 16.5. The van der Waals surface area contributed by atoms with E-state index in [2.05, 4.69) is 4.90 Å². The maximum absolute atomic E-state index is 11.5. The van der Waals surface area contributed by atoms with Crippen LogP contribution in [0.15, 0.2) is 0 Å². The minimum absolute atomic E-state index is 0.0175. The number of methoxy groups -OCH3 is 1. The molecule has 2 rings (SSSR count). The number of nitrogens with zero attached hydrogens (tertiary/aromatic N) is 1. The van der Waals surface area contributed by atoms with E-state index in [1.807, 2.05) is 0 Å². The second-order valence-corrected chi connectivity index (χ2v) is 5.27. The predicted octanol–water partition coefficient (Wildman–Crippen LogP) is 2.06. The zero-order valence-electron chi connectivity index (χ0n) is 10.3. The maximum Gasteiger partial charge on any atom is 0.309 e. The summed E-state index contributed by atoms with van der Waals surface area (Å²) >= 11 is 0. The number of carbonyl (C=O) groups excluding carboxylic acids is 1. The van der Waals surface area contributed by atoms with Crippen molar-refractivity contribution in [2.45, 2.75) is 38.5 Å². The first-order valence-electron chi connectivity index (χ1n) is 6.60. The van der Waals surface area contributed by atoms with E-state index in [0.29, 0.717) is 0 Å². The van der Waals surface area contributed by atoms with E-state index in [4.69, 9.17) is 4.74 Å². The average molecular weight is 225 g/mol. The lowest BCUT2D eigenvalue weighted by atomic mass is 9.96. The zero-order chi connectivity index (χ0) is 11.4. The van der Waals surface area contributed by atoms with E-state index in [9.17, 15) is 4.79 Å². The Balaban J connectivity index is 1.79. The Hall–Kier alpha value is -0.570. The second-order valence-electron chi connectivity index (χ2n) is 5.27. The Labute approximate surface area is 98.1 Å². The molecule has 0 aromatic carbocycles. The van der Waals surface area contributed by atoms with Crippen LogP contribution >= 0.6 is 0 Å². The molecule has 1 heterocycles. The SMILES string of the molecule is COC(=O)C1CCCN(CC2CCCC2)C1. The summed E-state index contributed by atoms with van der Waals surface area (Å²) in [6, 6.07) is 0. The van der Waals surface area contributed by atoms with Crippen LogP contribution in [-0.4, -0.2) is 37.6 Å². The normalized spacial score (nSPS) is 28.2. The zero-order valence-corrected chi connectivity index (χ0v) is 10.3. The minimum atomic E-state index is -0.0175. The van der Waals surface area contributed by atoms with Gasteiger partial charge >= 0.3 is 5.97 Å². The van der Waals surface area contributed by atoms with Gasteiger partial charge in [-0.1, -0.05) is 12.8 Å². The van der Waals surface area contributed by atoms with Crippen LogP contribution in [0.1, 0.15) is 38.5 Å². The Kier molecular flexibility index (Phi) is 4.22. The Morgan fingerprint density at radius 3 is 2.69 bits per heavy atom. The highest BCUT2D eigenvalue weighted by molar-refractivity contribution is 5.72. The molecule has 2 aliphatic rings. The number of hydrogen-bond acceptors (Lipinski definition) is 3. The Bertz CT molecular complexity index is 236. The number of carbonyl (C=O) groups is 1. The maximum atomic E-state index is 11.5. The molecule has 1 saturated carbocycles. The van der Waals surface area contributed by atoms with Crippen LogP contribution in [0.2, 0.25) is 0 Å². The van der Waals surface area contributed by atoms with Crippen molar-refractivity contribution >= 4 is 5.97 Å². The number of esters is 1. The lowest BCUT2D eigenvalue weighted by Gasteiger charge is -2.32. The summed E-state index contributed by atoms with van der Waals surface area (Å²) in [6.07, 6.45) is 7.73. The fourth-order valence-electron chi connectivity index (χ4n) is 3.14. The number of piperidine rings is 1. The number of likely N-dealkylation sites (tertiary alicyclic amines) is 1. The molecule has 1 saturated heterocycles. The first kappa shape index (κ1) is 11.9. The van der Waals surface area contributed by atoms with Gasteiger partial charge in [-0.3, -0.25) is 4.79 Å². The van der Waals surface area contributed by atoms with E-state index < -0.39 is 0 Å². The second kappa shape index (κ2) is 5.67. The highest BCUT2D eigenvalue weighted by Gasteiger charge is 2.28. The molecule has 2 fully saturated rings. The third-order valence-corrected chi connectivity index (χ3v) is 4.03. The summed E-state index contributed by atoms with van der Waals surface area (Å²) in [5.74, 6) is 0.993. The third-order valence-electron chi connectivity index (χ3n) is 4.03. The van der Waals surface area contributed by atoms with Crippen LogP contribution in [0.25, 0.3) is 0 Å². The van der Waals surface area contributed by atoms with Crippen molar-refractivity contribution in [3.63, 3.8) is 0 Å². The van der Waals surface area contributed by atoms with Gasteiger partial charge in [0.1, 0.15) is 0 Å². The van der Waals surface area contributed by atoms with Gasteiger partial charge in [-0.15, -0.1) is 0 Å². The van der Waals surface area contributed by atoms with Crippen LogP contribution < -0.4 is 0 Å². The molecule has 0 aromatic heterocycles. The molecule has 0 aromatic rings. The van der Waals surface area contributed by atoms with Gasteiger partial charge < -0.3 is 9.64 Å². The van der Waals surface area contributed by atoms with Gasteiger partial charge in [0.25, 0.3) is 0 Å². The highest BCUT2D eigenvalue weighted by Crippen LogP contribution is 2.27. The van der Waals surface area contributed by atoms with Crippen LogP contribution in [0.4, 0.5) is 0 Å². The monoisotopic (exact) mass is 225 g/mol. The van der Waals surface area contributed by atoms with Gasteiger partial charge in [-0.05, 0) is 38.1 Å². The molecule has 0 radical (unpaired) electrons. The fourth-order valence-corrected chi connectivity index (χ4v) is 3.14. The van der Waals surface area contributed by atoms with E-state index in [-0.39, 0.29) is 11.9 Å². The summed E-state index contributed by atoms with van der Waals surface area (Å²) in [4.78, 5) is 14.0. The van der Waals surface area contributed by atoms with Crippen molar-refractivity contribution in [3.05, 3.63) is 0 Å². The lowest BCUT2D eigenvalue weighted by Crippen LogP contribution is -2.41. The Morgan fingerprint density at radius 1 is 1.25 bits per heavy atom. The molecular weight excluding hydrogens is 202 g/mol. The van der Waals surface area contributed by atoms with Gasteiger partial charge in [-0.25, -0.2) is 0 Å². The molecule has 1 atom stereocenters. The molecule has 0 bridgehead atoms. The quantitative estimate of drug-likeness (QED) is 0.689. The van der Waals surface area contributed by atoms with Gasteiger partial charge in [0.2, 0.25) is 0 Å². The molecule has 0 N–H and O–H groups in total. The van der Waals surface area contributed by atoms with Crippen molar-refractivity contribution < 1.29 is 9.53 Å². The van der Waals surface area contributed by atoms with Gasteiger partial charge in [-0.2, -0.15) is 0 Å². The molecule has 1 unspecified atom stereocenters. The van der Waals surface area contributed by atoms with Crippen molar-refractivity contribution in [2.75, 3.05) is 26.7 Å². The predicted molar refractivity (Wildman–Crippen MR) is 63.1 cm³/mol.